The third-order valence-electron chi connectivity index (χ3n) is 3.92. The minimum absolute atomic E-state index is 0.208. The summed E-state index contributed by atoms with van der Waals surface area (Å²) >= 11 is 2.65. The number of aromatic hydroxyl groups is 2. The number of carbonyl (C=O) groups excluding carboxylic acids is 1. The van der Waals surface area contributed by atoms with Crippen molar-refractivity contribution in [2.75, 3.05) is 4.90 Å². The molecule has 1 aromatic heterocycles. The van der Waals surface area contributed by atoms with Crippen molar-refractivity contribution in [3.8, 4) is 11.5 Å². The Morgan fingerprint density at radius 1 is 1.11 bits per heavy atom. The number of para-hydroxylation sites is 1. The first-order valence-corrected chi connectivity index (χ1v) is 10.0. The number of thiazole rings is 1. The first-order chi connectivity index (χ1) is 13.5. The molecule has 0 aliphatic carbocycles. The number of thioether (sulfide) groups is 1. The highest BCUT2D eigenvalue weighted by atomic mass is 32.2. The van der Waals surface area contributed by atoms with Gasteiger partial charge in [0, 0.05) is 5.38 Å². The molecule has 0 radical (unpaired) electrons. The Kier molecular flexibility index (Phi) is 4.89. The summed E-state index contributed by atoms with van der Waals surface area (Å²) in [6.45, 7) is 1.89. The van der Waals surface area contributed by atoms with E-state index in [-0.39, 0.29) is 17.4 Å². The van der Waals surface area contributed by atoms with Crippen molar-refractivity contribution in [1.29, 1.82) is 0 Å². The highest BCUT2D eigenvalue weighted by Gasteiger charge is 2.35. The lowest BCUT2D eigenvalue weighted by molar-refractivity contribution is -0.113. The van der Waals surface area contributed by atoms with Crippen LogP contribution in [0, 0.1) is 6.92 Å². The Labute approximate surface area is 169 Å². The normalized spacial score (nSPS) is 17.0. The molecule has 2 heterocycles. The number of amidine groups is 1. The van der Waals surface area contributed by atoms with Gasteiger partial charge in [0.25, 0.3) is 5.91 Å². The van der Waals surface area contributed by atoms with Gasteiger partial charge in [-0.25, -0.2) is 4.98 Å². The SMILES string of the molecule is Cc1csc(/N=C2/S/C(=C\c3ccc(O)c(O)c3)C(=O)N2c2ccccc2)n1. The van der Waals surface area contributed by atoms with E-state index in [4.69, 9.17) is 0 Å². The Morgan fingerprint density at radius 2 is 1.89 bits per heavy atom. The predicted octanol–water partition coefficient (Wildman–Crippen LogP) is 4.67. The second-order valence-electron chi connectivity index (χ2n) is 6.00. The average molecular weight is 409 g/mol. The van der Waals surface area contributed by atoms with Crippen molar-refractivity contribution >= 4 is 51.1 Å². The topological polar surface area (TPSA) is 86.0 Å². The largest absolute Gasteiger partial charge is 0.504 e. The number of benzene rings is 2. The summed E-state index contributed by atoms with van der Waals surface area (Å²) in [5.41, 5.74) is 2.19. The maximum atomic E-state index is 13.1. The number of phenolic OH excluding ortho intramolecular Hbond substituents is 2. The van der Waals surface area contributed by atoms with Crippen LogP contribution in [0.2, 0.25) is 0 Å². The maximum absolute atomic E-state index is 13.1. The number of nitrogens with zero attached hydrogens (tertiary/aromatic N) is 3. The van der Waals surface area contributed by atoms with E-state index >= 15 is 0 Å². The summed E-state index contributed by atoms with van der Waals surface area (Å²) in [5, 5.41) is 22.2. The predicted molar refractivity (Wildman–Crippen MR) is 113 cm³/mol. The van der Waals surface area contributed by atoms with Crippen LogP contribution in [0.15, 0.2) is 63.8 Å². The summed E-state index contributed by atoms with van der Waals surface area (Å²) in [4.78, 5) is 24.0. The first kappa shape index (κ1) is 18.3. The molecule has 0 bridgehead atoms. The number of amides is 1. The third kappa shape index (κ3) is 3.64. The van der Waals surface area contributed by atoms with Crippen molar-refractivity contribution in [2.45, 2.75) is 6.92 Å². The molecule has 2 N–H and O–H groups in total. The molecule has 8 heteroatoms. The van der Waals surface area contributed by atoms with Crippen LogP contribution >= 0.6 is 23.1 Å². The molecular weight excluding hydrogens is 394 g/mol. The fourth-order valence-corrected chi connectivity index (χ4v) is 4.31. The highest BCUT2D eigenvalue weighted by molar-refractivity contribution is 8.19. The number of anilines is 1. The molecule has 1 aliphatic rings. The molecular formula is C20H15N3O3S2. The average Bonchev–Trinajstić information content (AvgIpc) is 3.22. The van der Waals surface area contributed by atoms with E-state index in [1.54, 1.807) is 17.0 Å². The molecule has 1 fully saturated rings. The smallest absolute Gasteiger partial charge is 0.271 e. The molecule has 0 spiro atoms. The van der Waals surface area contributed by atoms with Gasteiger partial charge in [0.05, 0.1) is 16.3 Å². The van der Waals surface area contributed by atoms with Crippen molar-refractivity contribution in [3.05, 3.63) is 70.1 Å². The third-order valence-corrected chi connectivity index (χ3v) is 5.74. The summed E-state index contributed by atoms with van der Waals surface area (Å²) < 4.78 is 0. The second-order valence-corrected chi connectivity index (χ2v) is 7.85. The fraction of sp³-hybridized carbons (Fsp3) is 0.0500. The number of aromatic nitrogens is 1. The zero-order valence-corrected chi connectivity index (χ0v) is 16.4. The summed E-state index contributed by atoms with van der Waals surface area (Å²) in [5.74, 6) is -0.660. The van der Waals surface area contributed by atoms with Gasteiger partial charge in [-0.2, -0.15) is 4.99 Å². The lowest BCUT2D eigenvalue weighted by Crippen LogP contribution is -2.28. The number of hydrogen-bond acceptors (Lipinski definition) is 7. The lowest BCUT2D eigenvalue weighted by atomic mass is 10.2. The molecule has 28 heavy (non-hydrogen) atoms. The number of rotatable bonds is 3. The number of aryl methyl sites for hydroxylation is 1. The minimum atomic E-state index is -0.239. The van der Waals surface area contributed by atoms with Gasteiger partial charge in [0.1, 0.15) is 0 Å². The molecule has 4 rings (SSSR count). The van der Waals surface area contributed by atoms with Gasteiger partial charge in [-0.05, 0) is 54.6 Å². The molecule has 3 aromatic rings. The Hall–Kier alpha value is -3.10. The maximum Gasteiger partial charge on any atom is 0.271 e. The molecule has 0 atom stereocenters. The summed E-state index contributed by atoms with van der Waals surface area (Å²) in [7, 11) is 0. The molecule has 1 saturated heterocycles. The van der Waals surface area contributed by atoms with Crippen molar-refractivity contribution in [3.63, 3.8) is 0 Å². The van der Waals surface area contributed by atoms with Crippen LogP contribution < -0.4 is 4.90 Å². The van der Waals surface area contributed by atoms with Crippen LogP contribution in [0.4, 0.5) is 10.8 Å². The van der Waals surface area contributed by atoms with Crippen LogP contribution in [0.25, 0.3) is 6.08 Å². The Balaban J connectivity index is 1.76. The van der Waals surface area contributed by atoms with Gasteiger partial charge in [-0.15, -0.1) is 11.3 Å². The van der Waals surface area contributed by atoms with E-state index in [0.29, 0.717) is 26.5 Å². The summed E-state index contributed by atoms with van der Waals surface area (Å²) in [6, 6.07) is 13.7. The molecule has 6 nitrogen and oxygen atoms in total. The van der Waals surface area contributed by atoms with Gasteiger partial charge in [0.15, 0.2) is 16.7 Å². The van der Waals surface area contributed by atoms with Gasteiger partial charge in [-0.3, -0.25) is 9.69 Å². The molecule has 0 saturated carbocycles. The van der Waals surface area contributed by atoms with Gasteiger partial charge in [0.2, 0.25) is 5.13 Å². The molecule has 1 aliphatic heterocycles. The molecule has 2 aromatic carbocycles. The number of phenols is 2. The number of hydrogen-bond donors (Lipinski definition) is 2. The second kappa shape index (κ2) is 7.49. The van der Waals surface area contributed by atoms with E-state index in [1.807, 2.05) is 42.6 Å². The van der Waals surface area contributed by atoms with Gasteiger partial charge >= 0.3 is 0 Å². The minimum Gasteiger partial charge on any atom is -0.504 e. The van der Waals surface area contributed by atoms with Gasteiger partial charge < -0.3 is 10.2 Å². The number of carbonyl (C=O) groups is 1. The number of aliphatic imine (C=N–C) groups is 1. The van der Waals surface area contributed by atoms with E-state index in [9.17, 15) is 15.0 Å². The molecule has 1 amide bonds. The zero-order valence-electron chi connectivity index (χ0n) is 14.7. The van der Waals surface area contributed by atoms with Crippen LogP contribution in [0.5, 0.6) is 11.5 Å². The highest BCUT2D eigenvalue weighted by Crippen LogP contribution is 2.38. The Bertz CT molecular complexity index is 1110. The van der Waals surface area contributed by atoms with E-state index in [0.717, 1.165) is 5.69 Å². The van der Waals surface area contributed by atoms with E-state index < -0.39 is 0 Å². The first-order valence-electron chi connectivity index (χ1n) is 8.33. The van der Waals surface area contributed by atoms with Crippen LogP contribution in [-0.2, 0) is 4.79 Å². The molecule has 140 valence electrons. The van der Waals surface area contributed by atoms with Crippen LogP contribution in [-0.4, -0.2) is 26.3 Å². The van der Waals surface area contributed by atoms with E-state index in [1.165, 1.54) is 35.2 Å². The molecule has 0 unspecified atom stereocenters. The van der Waals surface area contributed by atoms with E-state index in [2.05, 4.69) is 9.98 Å². The van der Waals surface area contributed by atoms with Gasteiger partial charge in [-0.1, -0.05) is 24.3 Å². The summed E-state index contributed by atoms with van der Waals surface area (Å²) in [6.07, 6.45) is 1.66. The zero-order chi connectivity index (χ0) is 19.7. The quantitative estimate of drug-likeness (QED) is 0.485. The standard InChI is InChI=1S/C20H15N3O3S2/c1-12-11-27-19(21-12)22-20-23(14-5-3-2-4-6-14)18(26)17(28-20)10-13-7-8-15(24)16(25)9-13/h2-11,24-25H,1H3/b17-10-,22-20+. The van der Waals surface area contributed by atoms with Crippen molar-refractivity contribution in [2.24, 2.45) is 4.99 Å². The Morgan fingerprint density at radius 3 is 2.57 bits per heavy atom. The lowest BCUT2D eigenvalue weighted by Gasteiger charge is -2.14. The van der Waals surface area contributed by atoms with Crippen LogP contribution in [0.3, 0.4) is 0 Å². The monoisotopic (exact) mass is 409 g/mol. The van der Waals surface area contributed by atoms with Crippen molar-refractivity contribution < 1.29 is 15.0 Å². The van der Waals surface area contributed by atoms with Crippen molar-refractivity contribution in [1.82, 2.24) is 4.98 Å². The van der Waals surface area contributed by atoms with Crippen LogP contribution in [0.1, 0.15) is 11.3 Å². The fourth-order valence-electron chi connectivity index (χ4n) is 2.61.